The highest BCUT2D eigenvalue weighted by Gasteiger charge is 2.18. The van der Waals surface area contributed by atoms with Gasteiger partial charge < -0.3 is 25.4 Å². The van der Waals surface area contributed by atoms with Crippen LogP contribution < -0.4 is 25.4 Å². The van der Waals surface area contributed by atoms with Gasteiger partial charge in [-0.25, -0.2) is 4.68 Å². The molecular weight excluding hydrogens is 456 g/mol. The third kappa shape index (κ3) is 6.04. The lowest BCUT2D eigenvalue weighted by Crippen LogP contribution is -2.28. The first-order chi connectivity index (χ1) is 15.8. The number of carbonyl (C=O) groups excluding carboxylic acids is 1. The standard InChI is InChI=1S/C21H23F2N5O4S/c1-12(16-10-15(30-2)8-9-17(16)31-3)25-18(29)11-33-21-27-26-19(28(21)24)13-4-6-14(7-5-13)32-20(22)23/h4-10,12,20H,11,24H2,1-3H3,(H,25,29). The number of alkyl halides is 2. The lowest BCUT2D eigenvalue weighted by atomic mass is 10.1. The number of methoxy groups -OCH3 is 2. The van der Waals surface area contributed by atoms with Gasteiger partial charge in [-0.1, -0.05) is 11.8 Å². The molecule has 3 aromatic rings. The van der Waals surface area contributed by atoms with Crippen LogP contribution >= 0.6 is 11.8 Å². The van der Waals surface area contributed by atoms with Crippen molar-refractivity contribution in [3.05, 3.63) is 48.0 Å². The minimum atomic E-state index is -2.91. The van der Waals surface area contributed by atoms with E-state index in [9.17, 15) is 13.6 Å². The largest absolute Gasteiger partial charge is 0.497 e. The van der Waals surface area contributed by atoms with Crippen LogP contribution in [0.25, 0.3) is 11.4 Å². The summed E-state index contributed by atoms with van der Waals surface area (Å²) in [5.41, 5.74) is 1.33. The molecule has 1 aromatic heterocycles. The van der Waals surface area contributed by atoms with E-state index in [1.54, 1.807) is 32.4 Å². The van der Waals surface area contributed by atoms with Gasteiger partial charge in [0.05, 0.1) is 26.0 Å². The Labute approximate surface area is 193 Å². The van der Waals surface area contributed by atoms with Gasteiger partial charge in [0.1, 0.15) is 17.2 Å². The second-order valence-corrected chi connectivity index (χ2v) is 7.71. The Hall–Kier alpha value is -3.54. The Bertz CT molecular complexity index is 1090. The summed E-state index contributed by atoms with van der Waals surface area (Å²) in [5, 5.41) is 11.2. The fourth-order valence-corrected chi connectivity index (χ4v) is 3.69. The maximum absolute atomic E-state index is 12.5. The molecule has 1 heterocycles. The zero-order valence-corrected chi connectivity index (χ0v) is 18.9. The van der Waals surface area contributed by atoms with Gasteiger partial charge in [0.25, 0.3) is 0 Å². The Balaban J connectivity index is 1.62. The quantitative estimate of drug-likeness (QED) is 0.337. The molecule has 1 unspecified atom stereocenters. The number of nitrogens with one attached hydrogen (secondary N) is 1. The SMILES string of the molecule is COc1ccc(OC)c(C(C)NC(=O)CSc2nnc(-c3ccc(OC(F)F)cc3)n2N)c1. The summed E-state index contributed by atoms with van der Waals surface area (Å²) < 4.78 is 40.8. The molecule has 33 heavy (non-hydrogen) atoms. The lowest BCUT2D eigenvalue weighted by Gasteiger charge is -2.18. The molecule has 0 saturated carbocycles. The van der Waals surface area contributed by atoms with Crippen LogP contribution in [0.1, 0.15) is 18.5 Å². The van der Waals surface area contributed by atoms with E-state index in [2.05, 4.69) is 20.3 Å². The molecule has 0 radical (unpaired) electrons. The Morgan fingerprint density at radius 3 is 2.45 bits per heavy atom. The van der Waals surface area contributed by atoms with Gasteiger partial charge in [0.2, 0.25) is 11.1 Å². The molecule has 0 bridgehead atoms. The topological polar surface area (TPSA) is 114 Å². The minimum absolute atomic E-state index is 0.0184. The van der Waals surface area contributed by atoms with E-state index in [0.29, 0.717) is 28.0 Å². The van der Waals surface area contributed by atoms with E-state index in [4.69, 9.17) is 15.3 Å². The maximum atomic E-state index is 12.5. The molecule has 3 rings (SSSR count). The summed E-state index contributed by atoms with van der Waals surface area (Å²) in [5.74, 6) is 7.49. The molecule has 1 amide bonds. The second kappa shape index (κ2) is 10.9. The Morgan fingerprint density at radius 1 is 1.12 bits per heavy atom. The van der Waals surface area contributed by atoms with Crippen LogP contribution in [-0.4, -0.2) is 47.4 Å². The summed E-state index contributed by atoms with van der Waals surface area (Å²) in [7, 11) is 3.12. The molecule has 3 N–H and O–H groups in total. The van der Waals surface area contributed by atoms with E-state index >= 15 is 0 Å². The van der Waals surface area contributed by atoms with Gasteiger partial charge in [0.15, 0.2) is 5.82 Å². The molecule has 0 saturated heterocycles. The summed E-state index contributed by atoms with van der Waals surface area (Å²) in [6.45, 7) is -1.07. The molecular formula is C21H23F2N5O4S. The van der Waals surface area contributed by atoms with Gasteiger partial charge in [-0.2, -0.15) is 8.78 Å². The van der Waals surface area contributed by atoms with Crippen LogP contribution in [0.5, 0.6) is 17.2 Å². The Kier molecular flexibility index (Phi) is 7.93. The smallest absolute Gasteiger partial charge is 0.387 e. The molecule has 9 nitrogen and oxygen atoms in total. The van der Waals surface area contributed by atoms with Crippen LogP contribution in [0.4, 0.5) is 8.78 Å². The highest BCUT2D eigenvalue weighted by Crippen LogP contribution is 2.29. The number of nitrogens with zero attached hydrogens (tertiary/aromatic N) is 3. The zero-order valence-electron chi connectivity index (χ0n) is 18.1. The lowest BCUT2D eigenvalue weighted by molar-refractivity contribution is -0.119. The normalized spacial score (nSPS) is 11.8. The highest BCUT2D eigenvalue weighted by molar-refractivity contribution is 7.99. The van der Waals surface area contributed by atoms with Gasteiger partial charge in [0, 0.05) is 11.1 Å². The summed E-state index contributed by atoms with van der Waals surface area (Å²) in [4.78, 5) is 12.5. The zero-order chi connectivity index (χ0) is 24.0. The van der Waals surface area contributed by atoms with Crippen molar-refractivity contribution < 1.29 is 27.8 Å². The minimum Gasteiger partial charge on any atom is -0.497 e. The van der Waals surface area contributed by atoms with Crippen molar-refractivity contribution >= 4 is 17.7 Å². The van der Waals surface area contributed by atoms with Crippen LogP contribution in [0.2, 0.25) is 0 Å². The number of aromatic nitrogens is 3. The predicted molar refractivity (Wildman–Crippen MR) is 119 cm³/mol. The van der Waals surface area contributed by atoms with E-state index in [0.717, 1.165) is 17.3 Å². The number of hydrogen-bond donors (Lipinski definition) is 2. The number of nitrogen functional groups attached to an aromatic ring is 1. The van der Waals surface area contributed by atoms with Gasteiger partial charge in [-0.05, 0) is 49.4 Å². The third-order valence-electron chi connectivity index (χ3n) is 4.62. The first-order valence-electron chi connectivity index (χ1n) is 9.72. The molecule has 12 heteroatoms. The van der Waals surface area contributed by atoms with Gasteiger partial charge >= 0.3 is 6.61 Å². The first kappa shape index (κ1) is 24.1. The van der Waals surface area contributed by atoms with Crippen molar-refractivity contribution in [2.24, 2.45) is 0 Å². The fourth-order valence-electron chi connectivity index (χ4n) is 3.03. The number of benzene rings is 2. The van der Waals surface area contributed by atoms with Crippen molar-refractivity contribution in [2.45, 2.75) is 24.7 Å². The van der Waals surface area contributed by atoms with Crippen LogP contribution in [0, 0.1) is 0 Å². The number of ether oxygens (including phenoxy) is 3. The van der Waals surface area contributed by atoms with Gasteiger partial charge in [-0.15, -0.1) is 10.2 Å². The number of carbonyl (C=O) groups is 1. The van der Waals surface area contributed by atoms with Crippen LogP contribution in [0.3, 0.4) is 0 Å². The van der Waals surface area contributed by atoms with Gasteiger partial charge in [-0.3, -0.25) is 4.79 Å². The maximum Gasteiger partial charge on any atom is 0.387 e. The number of thioether (sulfide) groups is 1. The average molecular weight is 480 g/mol. The summed E-state index contributed by atoms with van der Waals surface area (Å²) in [6.07, 6.45) is 0. The first-order valence-corrected chi connectivity index (χ1v) is 10.7. The number of amides is 1. The number of nitrogens with two attached hydrogens (primary N) is 1. The van der Waals surface area contributed by atoms with Crippen molar-refractivity contribution in [1.29, 1.82) is 0 Å². The molecule has 0 spiro atoms. The molecule has 2 aromatic carbocycles. The van der Waals surface area contributed by atoms with Crippen molar-refractivity contribution in [3.63, 3.8) is 0 Å². The van der Waals surface area contributed by atoms with Crippen molar-refractivity contribution in [3.8, 4) is 28.6 Å². The molecule has 0 aliphatic carbocycles. The molecule has 0 aliphatic heterocycles. The fraction of sp³-hybridized carbons (Fsp3) is 0.286. The molecule has 176 valence electrons. The van der Waals surface area contributed by atoms with Crippen LogP contribution in [0.15, 0.2) is 47.6 Å². The number of rotatable bonds is 10. The summed E-state index contributed by atoms with van der Waals surface area (Å²) in [6, 6.07) is 10.9. The third-order valence-corrected chi connectivity index (χ3v) is 5.56. The van der Waals surface area contributed by atoms with E-state index in [1.807, 2.05) is 6.92 Å². The van der Waals surface area contributed by atoms with Crippen molar-refractivity contribution in [1.82, 2.24) is 20.2 Å². The summed E-state index contributed by atoms with van der Waals surface area (Å²) >= 11 is 1.11. The van der Waals surface area contributed by atoms with E-state index in [1.165, 1.54) is 28.9 Å². The molecule has 1 atom stereocenters. The monoisotopic (exact) mass is 479 g/mol. The van der Waals surface area contributed by atoms with E-state index < -0.39 is 6.61 Å². The van der Waals surface area contributed by atoms with E-state index in [-0.39, 0.29) is 23.5 Å². The Morgan fingerprint density at radius 2 is 1.82 bits per heavy atom. The average Bonchev–Trinajstić information content (AvgIpc) is 3.17. The molecule has 0 aliphatic rings. The number of hydrogen-bond acceptors (Lipinski definition) is 8. The highest BCUT2D eigenvalue weighted by atomic mass is 32.2. The molecule has 0 fully saturated rings. The van der Waals surface area contributed by atoms with Crippen LogP contribution in [-0.2, 0) is 4.79 Å². The number of halogens is 2. The predicted octanol–water partition coefficient (Wildman–Crippen LogP) is 3.25. The second-order valence-electron chi connectivity index (χ2n) is 6.76. The van der Waals surface area contributed by atoms with Crippen molar-refractivity contribution in [2.75, 3.05) is 25.8 Å².